The van der Waals surface area contributed by atoms with E-state index in [1.165, 1.54) is 60.5 Å². The van der Waals surface area contributed by atoms with E-state index in [0.29, 0.717) is 22.2 Å². The highest BCUT2D eigenvalue weighted by atomic mass is 16.2. The van der Waals surface area contributed by atoms with Crippen molar-refractivity contribution >= 4 is 107 Å². The van der Waals surface area contributed by atoms with Crippen LogP contribution in [0.1, 0.15) is 116 Å². The fourth-order valence-corrected chi connectivity index (χ4v) is 15.7. The number of fused-ring (bicyclic) bond motifs is 10. The number of aryl methyl sites for hydroxylation is 11. The van der Waals surface area contributed by atoms with Crippen LogP contribution in [-0.2, 0) is 0 Å². The molecule has 0 fully saturated rings. The predicted octanol–water partition coefficient (Wildman–Crippen LogP) is 21.0. The standard InChI is InChI=1S/C85H65N5O2/c1-44-15-16-48(5)73(43-44)90-84(91)63-27-25-61-59-14-12-13-58-56(23-24-60(78(58)59)62-26-28-64(85(90)92)80(63)79(61)62)20-17-55-18-21-57(22-19-55)77-65-29-31-67(86-65)81(74-49(6)37-45(2)38-50(74)7)69-33-35-71(88-69)83(76-53(10)41-47(4)42-54(76)11)72-36-34-70(89-72)82(68-32-30-66(77)87-68)75-51(8)39-46(3)40-52(75)9/h12-16,18-19,21-43,86,89H,1-11H3. The Hall–Kier alpha value is -11.2. The molecule has 0 saturated heterocycles. The molecule has 3 aliphatic heterocycles. The molecule has 0 aliphatic carbocycles. The number of aromatic amines is 2. The van der Waals surface area contributed by atoms with Crippen molar-refractivity contribution in [2.45, 2.75) is 76.2 Å². The zero-order chi connectivity index (χ0) is 63.3. The van der Waals surface area contributed by atoms with Crippen molar-refractivity contribution in [1.82, 2.24) is 19.9 Å². The largest absolute Gasteiger partial charge is 0.354 e. The van der Waals surface area contributed by atoms with Gasteiger partial charge in [-0.25, -0.2) is 14.9 Å². The number of rotatable bonds is 5. The lowest BCUT2D eigenvalue weighted by atomic mass is 9.84. The molecule has 10 aromatic carbocycles. The average molecular weight is 1190 g/mol. The fourth-order valence-electron chi connectivity index (χ4n) is 15.7. The normalized spacial score (nSPS) is 12.8. The number of carbonyl (C=O) groups is 2. The first-order chi connectivity index (χ1) is 44.5. The van der Waals surface area contributed by atoms with Crippen molar-refractivity contribution < 1.29 is 9.59 Å². The number of anilines is 1. The van der Waals surface area contributed by atoms with Gasteiger partial charge in [0.1, 0.15) is 0 Å². The topological polar surface area (TPSA) is 94.7 Å². The van der Waals surface area contributed by atoms with E-state index in [1.54, 1.807) is 0 Å². The zero-order valence-corrected chi connectivity index (χ0v) is 53.5. The van der Waals surface area contributed by atoms with Gasteiger partial charge in [-0.15, -0.1) is 0 Å². The summed E-state index contributed by atoms with van der Waals surface area (Å²) >= 11 is 0. The Labute approximate surface area is 534 Å². The number of carbonyl (C=O) groups excluding carboxylic acids is 2. The summed E-state index contributed by atoms with van der Waals surface area (Å²) in [7, 11) is 0. The smallest absolute Gasteiger partial charge is 0.265 e. The minimum Gasteiger partial charge on any atom is -0.354 e. The molecular weight excluding hydrogens is 1120 g/mol. The van der Waals surface area contributed by atoms with Crippen LogP contribution in [0.3, 0.4) is 0 Å². The SMILES string of the molecule is Cc1cc(C)c(-c2c3nc(c(-c4c(C)cc(C)cc4C)c4ccc([nH]4)c(-c4c(C)cc(C)cc4C)c4nc(c(-c5ccc(C#Cc6ccc7c8ccc9c%10c(ccc(c%11cccc6c%117)c%108)C(=O)N(c6cc(C)ccc6C)C9=O)cc5)c5ccc2[nH]5)C=C4)C=C3)c(C)c1. The third-order valence-electron chi connectivity index (χ3n) is 19.3. The number of nitrogens with one attached hydrogen (secondary N) is 2. The molecule has 0 atom stereocenters. The predicted molar refractivity (Wildman–Crippen MR) is 384 cm³/mol. The first kappa shape index (κ1) is 56.1. The van der Waals surface area contributed by atoms with Crippen LogP contribution in [0.2, 0.25) is 0 Å². The van der Waals surface area contributed by atoms with Gasteiger partial charge in [0.25, 0.3) is 11.8 Å². The van der Waals surface area contributed by atoms with Gasteiger partial charge in [0.15, 0.2) is 0 Å². The molecule has 0 unspecified atom stereocenters. The first-order valence-corrected chi connectivity index (χ1v) is 31.6. The third kappa shape index (κ3) is 8.73. The third-order valence-corrected chi connectivity index (χ3v) is 19.3. The van der Waals surface area contributed by atoms with E-state index in [0.717, 1.165) is 144 Å². The summed E-state index contributed by atoms with van der Waals surface area (Å²) in [4.78, 5) is 49.7. The maximum Gasteiger partial charge on any atom is 0.265 e. The van der Waals surface area contributed by atoms with Crippen molar-refractivity contribution in [2.24, 2.45) is 0 Å². The van der Waals surface area contributed by atoms with Crippen LogP contribution in [-0.4, -0.2) is 31.8 Å². The Morgan fingerprint density at radius 3 is 1.23 bits per heavy atom. The number of hydrogen-bond acceptors (Lipinski definition) is 4. The molecule has 442 valence electrons. The summed E-state index contributed by atoms with van der Waals surface area (Å²) in [6, 6.07) is 55.5. The lowest BCUT2D eigenvalue weighted by Gasteiger charge is -2.29. The van der Waals surface area contributed by atoms with E-state index in [2.05, 4.69) is 236 Å². The van der Waals surface area contributed by atoms with Crippen LogP contribution >= 0.6 is 0 Å². The molecule has 3 aromatic heterocycles. The summed E-state index contributed by atoms with van der Waals surface area (Å²) in [5.41, 5.74) is 32.0. The Bertz CT molecular complexity index is 5620. The minimum atomic E-state index is -0.307. The van der Waals surface area contributed by atoms with Gasteiger partial charge in [-0.05, 0) is 266 Å². The molecule has 8 bridgehead atoms. The van der Waals surface area contributed by atoms with Crippen molar-refractivity contribution in [1.29, 1.82) is 0 Å². The molecule has 7 heteroatoms. The highest BCUT2D eigenvalue weighted by molar-refractivity contribution is 6.42. The summed E-state index contributed by atoms with van der Waals surface area (Å²) in [5.74, 6) is 6.55. The molecule has 0 radical (unpaired) electrons. The van der Waals surface area contributed by atoms with Crippen molar-refractivity contribution in [3.8, 4) is 56.3 Å². The van der Waals surface area contributed by atoms with Gasteiger partial charge in [-0.1, -0.05) is 126 Å². The van der Waals surface area contributed by atoms with Crippen LogP contribution < -0.4 is 4.90 Å². The van der Waals surface area contributed by atoms with E-state index in [4.69, 9.17) is 9.97 Å². The van der Waals surface area contributed by atoms with Crippen LogP contribution in [0.5, 0.6) is 0 Å². The number of amides is 2. The van der Waals surface area contributed by atoms with Gasteiger partial charge in [-0.3, -0.25) is 9.59 Å². The summed E-state index contributed by atoms with van der Waals surface area (Å²) < 4.78 is 0. The maximum absolute atomic E-state index is 14.5. The van der Waals surface area contributed by atoms with Crippen molar-refractivity contribution in [2.75, 3.05) is 4.90 Å². The number of H-pyrrole nitrogens is 2. The second kappa shape index (κ2) is 20.9. The van der Waals surface area contributed by atoms with Crippen LogP contribution in [0, 0.1) is 88.0 Å². The molecule has 2 N–H and O–H groups in total. The lowest BCUT2D eigenvalue weighted by Crippen LogP contribution is -2.41. The maximum atomic E-state index is 14.5. The van der Waals surface area contributed by atoms with Crippen molar-refractivity contribution in [3.63, 3.8) is 0 Å². The molecule has 16 rings (SSSR count). The second-order valence-corrected chi connectivity index (χ2v) is 25.8. The summed E-state index contributed by atoms with van der Waals surface area (Å²) in [6.45, 7) is 23.7. The quantitative estimate of drug-likeness (QED) is 0.0777. The van der Waals surface area contributed by atoms with E-state index >= 15 is 0 Å². The fraction of sp³-hybridized carbons (Fsp3) is 0.129. The number of aromatic nitrogens is 4. The molecule has 0 saturated carbocycles. The monoisotopic (exact) mass is 1190 g/mol. The van der Waals surface area contributed by atoms with Crippen LogP contribution in [0.4, 0.5) is 5.69 Å². The van der Waals surface area contributed by atoms with Gasteiger partial charge in [0.05, 0.1) is 28.5 Å². The van der Waals surface area contributed by atoms with Crippen LogP contribution in [0.15, 0.2) is 158 Å². The number of benzene rings is 10. The summed E-state index contributed by atoms with van der Waals surface area (Å²) in [6.07, 6.45) is 8.74. The van der Waals surface area contributed by atoms with Crippen molar-refractivity contribution in [3.05, 3.63) is 264 Å². The number of nitrogens with zero attached hydrogens (tertiary/aromatic N) is 3. The first-order valence-electron chi connectivity index (χ1n) is 31.6. The van der Waals surface area contributed by atoms with Gasteiger partial charge in [-0.2, -0.15) is 0 Å². The lowest BCUT2D eigenvalue weighted by molar-refractivity contribution is 0.0893. The Morgan fingerprint density at radius 2 is 0.750 bits per heavy atom. The Balaban J connectivity index is 0.871. The van der Waals surface area contributed by atoms with Gasteiger partial charge in [0.2, 0.25) is 0 Å². The minimum absolute atomic E-state index is 0.307. The Kier molecular flexibility index (Phi) is 12.8. The molecule has 6 heterocycles. The van der Waals surface area contributed by atoms with E-state index in [1.807, 2.05) is 44.2 Å². The zero-order valence-electron chi connectivity index (χ0n) is 53.5. The summed E-state index contributed by atoms with van der Waals surface area (Å²) in [5, 5.41) is 7.88. The van der Waals surface area contributed by atoms with Gasteiger partial charge >= 0.3 is 0 Å². The van der Waals surface area contributed by atoms with Crippen LogP contribution in [0.25, 0.3) is 134 Å². The van der Waals surface area contributed by atoms with E-state index in [9.17, 15) is 9.59 Å². The molecule has 3 aliphatic rings. The van der Waals surface area contributed by atoms with E-state index in [-0.39, 0.29) is 11.8 Å². The molecule has 92 heavy (non-hydrogen) atoms. The molecule has 2 amide bonds. The van der Waals surface area contributed by atoms with Gasteiger partial charge < -0.3 is 9.97 Å². The number of hydrogen-bond donors (Lipinski definition) is 2. The molecule has 7 nitrogen and oxygen atoms in total. The van der Waals surface area contributed by atoms with Gasteiger partial charge in [0, 0.05) is 72.0 Å². The highest BCUT2D eigenvalue weighted by Crippen LogP contribution is 2.47. The Morgan fingerprint density at radius 1 is 0.337 bits per heavy atom. The molecule has 13 aromatic rings. The number of imide groups is 1. The molecule has 0 spiro atoms. The highest BCUT2D eigenvalue weighted by Gasteiger charge is 2.36. The van der Waals surface area contributed by atoms with E-state index < -0.39 is 0 Å². The second-order valence-electron chi connectivity index (χ2n) is 25.8. The molecular formula is C85H65N5O2. The average Bonchev–Trinajstić information content (AvgIpc) is 0.812.